The van der Waals surface area contributed by atoms with Crippen LogP contribution in [0.1, 0.15) is 49.3 Å². The van der Waals surface area contributed by atoms with Gasteiger partial charge in [-0.1, -0.05) is 77.7 Å². The van der Waals surface area contributed by atoms with E-state index in [1.807, 2.05) is 60.7 Å². The summed E-state index contributed by atoms with van der Waals surface area (Å²) in [6.45, 7) is -0.00176. The smallest absolute Gasteiger partial charge is 0.253 e. The van der Waals surface area contributed by atoms with E-state index in [-0.39, 0.29) is 18.6 Å². The molecule has 0 aliphatic heterocycles. The van der Waals surface area contributed by atoms with Crippen LogP contribution in [0.4, 0.5) is 0 Å². The Bertz CT molecular complexity index is 793. The van der Waals surface area contributed by atoms with Gasteiger partial charge in [0.05, 0.1) is 6.07 Å². The van der Waals surface area contributed by atoms with Gasteiger partial charge in [-0.15, -0.1) is 0 Å². The first-order valence-corrected chi connectivity index (χ1v) is 10.1. The zero-order chi connectivity index (χ0) is 19.1. The van der Waals surface area contributed by atoms with Gasteiger partial charge in [-0.25, -0.2) is 0 Å². The first kappa shape index (κ1) is 19.6. The van der Waals surface area contributed by atoms with E-state index >= 15 is 0 Å². The third kappa shape index (κ3) is 4.77. The summed E-state index contributed by atoms with van der Waals surface area (Å²) in [4.78, 5) is 12.9. The molecule has 1 amide bonds. The Morgan fingerprint density at radius 2 is 1.70 bits per heavy atom. The SMILES string of the molecule is N#CCNC(=O)C1(OC(c2ccccc2)c2ccc(Br)cc2)CCCCC1. The molecular weight excluding hydrogens is 404 g/mol. The van der Waals surface area contributed by atoms with Gasteiger partial charge in [-0.3, -0.25) is 4.79 Å². The van der Waals surface area contributed by atoms with Gasteiger partial charge >= 0.3 is 0 Å². The van der Waals surface area contributed by atoms with E-state index in [0.29, 0.717) is 12.8 Å². The third-order valence-electron chi connectivity index (χ3n) is 5.02. The van der Waals surface area contributed by atoms with Crippen molar-refractivity contribution in [1.82, 2.24) is 5.32 Å². The molecule has 3 rings (SSSR count). The maximum atomic E-state index is 12.9. The minimum absolute atomic E-state index is 0.00176. The third-order valence-corrected chi connectivity index (χ3v) is 5.55. The van der Waals surface area contributed by atoms with E-state index in [0.717, 1.165) is 34.9 Å². The lowest BCUT2D eigenvalue weighted by Gasteiger charge is -2.39. The second-order valence-electron chi connectivity index (χ2n) is 6.86. The molecule has 1 aliphatic rings. The number of carbonyl (C=O) groups excluding carboxylic acids is 1. The van der Waals surface area contributed by atoms with Crippen molar-refractivity contribution >= 4 is 21.8 Å². The maximum Gasteiger partial charge on any atom is 0.253 e. The number of nitrogens with zero attached hydrogens (tertiary/aromatic N) is 1. The topological polar surface area (TPSA) is 62.1 Å². The number of amides is 1. The van der Waals surface area contributed by atoms with Crippen molar-refractivity contribution in [3.05, 3.63) is 70.2 Å². The predicted molar refractivity (Wildman–Crippen MR) is 108 cm³/mol. The first-order chi connectivity index (χ1) is 13.1. The molecule has 0 saturated heterocycles. The standard InChI is InChI=1S/C22H23BrN2O2/c23-19-11-9-18(10-12-19)20(17-7-3-1-4-8-17)27-22(13-5-2-6-14-22)21(26)25-16-15-24/h1,3-4,7-12,20H,2,5-6,13-14,16H2,(H,25,26). The number of halogens is 1. The van der Waals surface area contributed by atoms with Crippen molar-refractivity contribution in [1.29, 1.82) is 5.26 Å². The molecule has 1 N–H and O–H groups in total. The van der Waals surface area contributed by atoms with Gasteiger partial charge in [-0.2, -0.15) is 5.26 Å². The molecule has 27 heavy (non-hydrogen) atoms. The number of nitrogens with one attached hydrogen (secondary N) is 1. The van der Waals surface area contributed by atoms with Crippen LogP contribution < -0.4 is 5.32 Å². The molecule has 1 fully saturated rings. The van der Waals surface area contributed by atoms with Crippen molar-refractivity contribution in [2.45, 2.75) is 43.8 Å². The van der Waals surface area contributed by atoms with Crippen molar-refractivity contribution in [3.63, 3.8) is 0 Å². The number of ether oxygens (including phenoxy) is 1. The molecule has 1 unspecified atom stereocenters. The van der Waals surface area contributed by atoms with Crippen LogP contribution >= 0.6 is 15.9 Å². The van der Waals surface area contributed by atoms with Crippen LogP contribution in [-0.2, 0) is 9.53 Å². The van der Waals surface area contributed by atoms with Gasteiger partial charge in [0, 0.05) is 4.47 Å². The Morgan fingerprint density at radius 3 is 2.33 bits per heavy atom. The summed E-state index contributed by atoms with van der Waals surface area (Å²) in [7, 11) is 0. The Balaban J connectivity index is 1.96. The molecule has 140 valence electrons. The van der Waals surface area contributed by atoms with Gasteiger partial charge in [0.2, 0.25) is 0 Å². The van der Waals surface area contributed by atoms with Gasteiger partial charge in [-0.05, 0) is 36.1 Å². The average molecular weight is 427 g/mol. The van der Waals surface area contributed by atoms with Crippen LogP contribution in [0.3, 0.4) is 0 Å². The lowest BCUT2D eigenvalue weighted by atomic mass is 9.83. The summed E-state index contributed by atoms with van der Waals surface area (Å²) in [5.41, 5.74) is 1.11. The molecule has 1 aliphatic carbocycles. The van der Waals surface area contributed by atoms with Gasteiger partial charge in [0.15, 0.2) is 0 Å². The lowest BCUT2D eigenvalue weighted by molar-refractivity contribution is -0.159. The summed E-state index contributed by atoms with van der Waals surface area (Å²) < 4.78 is 7.61. The van der Waals surface area contributed by atoms with Crippen molar-refractivity contribution in [2.75, 3.05) is 6.54 Å². The molecule has 4 nitrogen and oxygen atoms in total. The van der Waals surface area contributed by atoms with Gasteiger partial charge in [0.1, 0.15) is 18.2 Å². The van der Waals surface area contributed by atoms with Crippen LogP contribution in [-0.4, -0.2) is 18.1 Å². The Kier molecular flexibility index (Phi) is 6.65. The molecule has 0 aromatic heterocycles. The largest absolute Gasteiger partial charge is 0.352 e. The first-order valence-electron chi connectivity index (χ1n) is 9.28. The summed E-state index contributed by atoms with van der Waals surface area (Å²) >= 11 is 3.48. The maximum absolute atomic E-state index is 12.9. The highest BCUT2D eigenvalue weighted by atomic mass is 79.9. The van der Waals surface area contributed by atoms with Crippen LogP contribution in [0.5, 0.6) is 0 Å². The normalized spacial score (nSPS) is 16.9. The quantitative estimate of drug-likeness (QED) is 0.668. The molecule has 1 saturated carbocycles. The van der Waals surface area contributed by atoms with Crippen LogP contribution in [0.15, 0.2) is 59.1 Å². The average Bonchev–Trinajstić information content (AvgIpc) is 2.72. The molecule has 2 aromatic rings. The summed E-state index contributed by atoms with van der Waals surface area (Å²) in [5, 5.41) is 11.6. The van der Waals surface area contributed by atoms with Crippen LogP contribution in [0.2, 0.25) is 0 Å². The van der Waals surface area contributed by atoms with E-state index in [2.05, 4.69) is 21.2 Å². The zero-order valence-corrected chi connectivity index (χ0v) is 16.7. The predicted octanol–water partition coefficient (Wildman–Crippen LogP) is 4.90. The van der Waals surface area contributed by atoms with Crippen LogP contribution in [0, 0.1) is 11.3 Å². The second-order valence-corrected chi connectivity index (χ2v) is 7.77. The number of hydrogen-bond acceptors (Lipinski definition) is 3. The Morgan fingerprint density at radius 1 is 1.07 bits per heavy atom. The van der Waals surface area contributed by atoms with Crippen LogP contribution in [0.25, 0.3) is 0 Å². The summed E-state index contributed by atoms with van der Waals surface area (Å²) in [6.07, 6.45) is 3.99. The fourth-order valence-corrected chi connectivity index (χ4v) is 3.89. The number of rotatable bonds is 6. The van der Waals surface area contributed by atoms with E-state index < -0.39 is 5.60 Å². The van der Waals surface area contributed by atoms with E-state index in [4.69, 9.17) is 10.00 Å². The number of nitriles is 1. The molecule has 1 atom stereocenters. The highest BCUT2D eigenvalue weighted by Crippen LogP contribution is 2.39. The molecule has 5 heteroatoms. The summed E-state index contributed by atoms with van der Waals surface area (Å²) in [5.74, 6) is -0.179. The molecule has 0 spiro atoms. The summed E-state index contributed by atoms with van der Waals surface area (Å²) in [6, 6.07) is 20.0. The molecule has 2 aromatic carbocycles. The van der Waals surface area contributed by atoms with Gasteiger partial charge in [0.25, 0.3) is 5.91 Å². The van der Waals surface area contributed by atoms with E-state index in [9.17, 15) is 4.79 Å². The van der Waals surface area contributed by atoms with E-state index in [1.165, 1.54) is 0 Å². The molecule has 0 bridgehead atoms. The number of carbonyl (C=O) groups is 1. The number of benzene rings is 2. The Hall–Kier alpha value is -2.16. The minimum atomic E-state index is -0.900. The van der Waals surface area contributed by atoms with Crippen molar-refractivity contribution in [2.24, 2.45) is 0 Å². The minimum Gasteiger partial charge on any atom is -0.352 e. The molecule has 0 heterocycles. The van der Waals surface area contributed by atoms with Gasteiger partial charge < -0.3 is 10.1 Å². The highest BCUT2D eigenvalue weighted by Gasteiger charge is 2.43. The zero-order valence-electron chi connectivity index (χ0n) is 15.2. The second kappa shape index (κ2) is 9.16. The van der Waals surface area contributed by atoms with Crippen molar-refractivity contribution < 1.29 is 9.53 Å². The van der Waals surface area contributed by atoms with Crippen molar-refractivity contribution in [3.8, 4) is 6.07 Å². The monoisotopic (exact) mass is 426 g/mol. The molecule has 0 radical (unpaired) electrons. The molecular formula is C22H23BrN2O2. The number of hydrogen-bond donors (Lipinski definition) is 1. The highest BCUT2D eigenvalue weighted by molar-refractivity contribution is 9.10. The fraction of sp³-hybridized carbons (Fsp3) is 0.364. The Labute approximate surface area is 168 Å². The van der Waals surface area contributed by atoms with E-state index in [1.54, 1.807) is 0 Å². The fourth-order valence-electron chi connectivity index (χ4n) is 3.62. The lowest BCUT2D eigenvalue weighted by Crippen LogP contribution is -2.51.